The molecule has 0 aliphatic carbocycles. The van der Waals surface area contributed by atoms with Gasteiger partial charge in [-0.15, -0.1) is 0 Å². The standard InChI is InChI=1S/C15H21N3O4/c1-21-14-10-12(2-3-13(14)19)11-16-17-15(20)4-5-18-6-8-22-9-7-18/h2-3,10-11,19H,4-9H2,1H3,(H,17,20)/b16-11-. The van der Waals surface area contributed by atoms with Gasteiger partial charge in [0, 0.05) is 26.1 Å². The Morgan fingerprint density at radius 2 is 2.27 bits per heavy atom. The van der Waals surface area contributed by atoms with Gasteiger partial charge in [-0.1, -0.05) is 0 Å². The summed E-state index contributed by atoms with van der Waals surface area (Å²) in [7, 11) is 1.48. The Morgan fingerprint density at radius 1 is 1.50 bits per heavy atom. The topological polar surface area (TPSA) is 83.4 Å². The van der Waals surface area contributed by atoms with Crippen molar-refractivity contribution < 1.29 is 19.4 Å². The Kier molecular flexibility index (Phi) is 6.17. The van der Waals surface area contributed by atoms with E-state index in [0.29, 0.717) is 18.7 Å². The zero-order chi connectivity index (χ0) is 15.8. The van der Waals surface area contributed by atoms with E-state index in [2.05, 4.69) is 15.4 Å². The number of hydrazone groups is 1. The van der Waals surface area contributed by atoms with Crippen LogP contribution in [0.2, 0.25) is 0 Å². The summed E-state index contributed by atoms with van der Waals surface area (Å²) in [6.45, 7) is 3.89. The number of morpholine rings is 1. The van der Waals surface area contributed by atoms with E-state index in [9.17, 15) is 9.90 Å². The monoisotopic (exact) mass is 307 g/mol. The van der Waals surface area contributed by atoms with Crippen molar-refractivity contribution in [3.63, 3.8) is 0 Å². The van der Waals surface area contributed by atoms with Gasteiger partial charge in [-0.3, -0.25) is 9.69 Å². The predicted molar refractivity (Wildman–Crippen MR) is 82.3 cm³/mol. The average molecular weight is 307 g/mol. The number of nitrogens with zero attached hydrogens (tertiary/aromatic N) is 2. The molecule has 0 aromatic heterocycles. The molecule has 0 unspecified atom stereocenters. The Morgan fingerprint density at radius 3 is 3.00 bits per heavy atom. The molecule has 1 aromatic carbocycles. The zero-order valence-corrected chi connectivity index (χ0v) is 12.6. The van der Waals surface area contributed by atoms with Crippen molar-refractivity contribution in [3.8, 4) is 11.5 Å². The molecule has 1 heterocycles. The lowest BCUT2D eigenvalue weighted by Gasteiger charge is -2.25. The van der Waals surface area contributed by atoms with Crippen molar-refractivity contribution in [2.45, 2.75) is 6.42 Å². The summed E-state index contributed by atoms with van der Waals surface area (Å²) in [6.07, 6.45) is 1.91. The maximum atomic E-state index is 11.7. The minimum Gasteiger partial charge on any atom is -0.504 e. The number of carbonyl (C=O) groups is 1. The van der Waals surface area contributed by atoms with Crippen molar-refractivity contribution in [1.29, 1.82) is 0 Å². The van der Waals surface area contributed by atoms with E-state index in [-0.39, 0.29) is 11.7 Å². The lowest BCUT2D eigenvalue weighted by atomic mass is 10.2. The van der Waals surface area contributed by atoms with Crippen molar-refractivity contribution in [3.05, 3.63) is 23.8 Å². The predicted octanol–water partition coefficient (Wildman–Crippen LogP) is 0.573. The zero-order valence-electron chi connectivity index (χ0n) is 12.6. The molecule has 1 aliphatic rings. The molecule has 0 spiro atoms. The molecular formula is C15H21N3O4. The molecule has 2 N–H and O–H groups in total. The Bertz CT molecular complexity index is 528. The van der Waals surface area contributed by atoms with Gasteiger partial charge in [0.1, 0.15) is 0 Å². The number of benzene rings is 1. The molecule has 0 radical (unpaired) electrons. The number of methoxy groups -OCH3 is 1. The van der Waals surface area contributed by atoms with E-state index in [1.165, 1.54) is 19.4 Å². The largest absolute Gasteiger partial charge is 0.504 e. The molecule has 1 aliphatic heterocycles. The number of ether oxygens (including phenoxy) is 2. The van der Waals surface area contributed by atoms with Gasteiger partial charge >= 0.3 is 0 Å². The van der Waals surface area contributed by atoms with Crippen molar-refractivity contribution in [2.24, 2.45) is 5.10 Å². The van der Waals surface area contributed by atoms with Gasteiger partial charge < -0.3 is 14.6 Å². The molecule has 7 nitrogen and oxygen atoms in total. The second-order valence-electron chi connectivity index (χ2n) is 4.93. The number of phenols is 1. The average Bonchev–Trinajstić information content (AvgIpc) is 2.55. The summed E-state index contributed by atoms with van der Waals surface area (Å²) in [5.41, 5.74) is 3.22. The van der Waals surface area contributed by atoms with Crippen LogP contribution < -0.4 is 10.2 Å². The summed E-state index contributed by atoms with van der Waals surface area (Å²) in [6, 6.07) is 4.83. The summed E-state index contributed by atoms with van der Waals surface area (Å²) in [5.74, 6) is 0.297. The highest BCUT2D eigenvalue weighted by Crippen LogP contribution is 2.25. The highest BCUT2D eigenvalue weighted by molar-refractivity contribution is 5.83. The third-order valence-electron chi connectivity index (χ3n) is 3.37. The maximum absolute atomic E-state index is 11.7. The van der Waals surface area contributed by atoms with Gasteiger partial charge in [0.05, 0.1) is 26.5 Å². The van der Waals surface area contributed by atoms with E-state index in [4.69, 9.17) is 9.47 Å². The maximum Gasteiger partial charge on any atom is 0.241 e. The SMILES string of the molecule is COc1cc(/C=N\NC(=O)CCN2CCOCC2)ccc1O. The van der Waals surface area contributed by atoms with Crippen LogP contribution in [0.25, 0.3) is 0 Å². The molecule has 2 rings (SSSR count). The summed E-state index contributed by atoms with van der Waals surface area (Å²) in [5, 5.41) is 13.4. The summed E-state index contributed by atoms with van der Waals surface area (Å²) >= 11 is 0. The molecule has 22 heavy (non-hydrogen) atoms. The molecule has 0 bridgehead atoms. The van der Waals surface area contributed by atoms with E-state index in [0.717, 1.165) is 31.9 Å². The number of aromatic hydroxyl groups is 1. The number of nitrogens with one attached hydrogen (secondary N) is 1. The first-order chi connectivity index (χ1) is 10.7. The van der Waals surface area contributed by atoms with Crippen LogP contribution in [0.3, 0.4) is 0 Å². The number of rotatable bonds is 6. The fraction of sp³-hybridized carbons (Fsp3) is 0.467. The molecule has 1 fully saturated rings. The van der Waals surface area contributed by atoms with Gasteiger partial charge in [-0.25, -0.2) is 5.43 Å². The van der Waals surface area contributed by atoms with Gasteiger partial charge in [-0.05, 0) is 23.8 Å². The third kappa shape index (κ3) is 5.01. The van der Waals surface area contributed by atoms with Crippen LogP contribution in [-0.4, -0.2) is 62.1 Å². The van der Waals surface area contributed by atoms with E-state index >= 15 is 0 Å². The molecule has 0 atom stereocenters. The van der Waals surface area contributed by atoms with Crippen molar-refractivity contribution in [1.82, 2.24) is 10.3 Å². The Balaban J connectivity index is 1.75. The van der Waals surface area contributed by atoms with Gasteiger partial charge in [0.25, 0.3) is 0 Å². The van der Waals surface area contributed by atoms with Crippen LogP contribution >= 0.6 is 0 Å². The minimum absolute atomic E-state index is 0.0641. The molecule has 7 heteroatoms. The fourth-order valence-electron chi connectivity index (χ4n) is 2.09. The van der Waals surface area contributed by atoms with Crippen molar-refractivity contribution >= 4 is 12.1 Å². The van der Waals surface area contributed by atoms with Gasteiger partial charge in [0.2, 0.25) is 5.91 Å². The first kappa shape index (κ1) is 16.3. The highest BCUT2D eigenvalue weighted by atomic mass is 16.5. The smallest absolute Gasteiger partial charge is 0.241 e. The Labute approximate surface area is 129 Å². The van der Waals surface area contributed by atoms with Crippen LogP contribution in [0.1, 0.15) is 12.0 Å². The number of amides is 1. The minimum atomic E-state index is -0.131. The van der Waals surface area contributed by atoms with E-state index in [1.807, 2.05) is 0 Å². The fourth-order valence-corrected chi connectivity index (χ4v) is 2.09. The number of hydrogen-bond acceptors (Lipinski definition) is 6. The summed E-state index contributed by atoms with van der Waals surface area (Å²) < 4.78 is 10.3. The van der Waals surface area contributed by atoms with Gasteiger partial charge in [-0.2, -0.15) is 5.10 Å². The molecule has 0 saturated carbocycles. The first-order valence-electron chi connectivity index (χ1n) is 7.18. The van der Waals surface area contributed by atoms with Crippen molar-refractivity contribution in [2.75, 3.05) is 40.0 Å². The second kappa shape index (κ2) is 8.35. The van der Waals surface area contributed by atoms with Crippen LogP contribution in [0.4, 0.5) is 0 Å². The number of phenolic OH excluding ortho intramolecular Hbond substituents is 1. The molecule has 120 valence electrons. The van der Waals surface area contributed by atoms with E-state index in [1.54, 1.807) is 12.1 Å². The first-order valence-corrected chi connectivity index (χ1v) is 7.18. The van der Waals surface area contributed by atoms with Crippen LogP contribution in [-0.2, 0) is 9.53 Å². The second-order valence-corrected chi connectivity index (χ2v) is 4.93. The van der Waals surface area contributed by atoms with Crippen LogP contribution in [0, 0.1) is 0 Å². The number of carbonyl (C=O) groups excluding carboxylic acids is 1. The molecule has 1 saturated heterocycles. The molecule has 1 amide bonds. The van der Waals surface area contributed by atoms with Gasteiger partial charge in [0.15, 0.2) is 11.5 Å². The lowest BCUT2D eigenvalue weighted by molar-refractivity contribution is -0.121. The lowest BCUT2D eigenvalue weighted by Crippen LogP contribution is -2.38. The summed E-state index contributed by atoms with van der Waals surface area (Å²) in [4.78, 5) is 13.9. The molecule has 1 aromatic rings. The van der Waals surface area contributed by atoms with Crippen LogP contribution in [0.15, 0.2) is 23.3 Å². The quantitative estimate of drug-likeness (QED) is 0.593. The number of hydrogen-bond donors (Lipinski definition) is 2. The normalized spacial score (nSPS) is 15.9. The third-order valence-corrected chi connectivity index (χ3v) is 3.37. The molecular weight excluding hydrogens is 286 g/mol. The van der Waals surface area contributed by atoms with Crippen LogP contribution in [0.5, 0.6) is 11.5 Å². The van der Waals surface area contributed by atoms with E-state index < -0.39 is 0 Å². The Hall–Kier alpha value is -2.12. The highest BCUT2D eigenvalue weighted by Gasteiger charge is 2.11.